The molecule has 2 nitrogen and oxygen atoms in total. The molecular formula is C16H20O2. The summed E-state index contributed by atoms with van der Waals surface area (Å²) in [4.78, 5) is 12.1. The molecule has 1 saturated carbocycles. The van der Waals surface area contributed by atoms with E-state index in [9.17, 15) is 4.79 Å². The van der Waals surface area contributed by atoms with Crippen LogP contribution in [0.2, 0.25) is 0 Å². The molecule has 0 bridgehead atoms. The van der Waals surface area contributed by atoms with Crippen LogP contribution in [-0.4, -0.2) is 12.1 Å². The second-order valence-electron chi connectivity index (χ2n) is 6.84. The zero-order valence-electron chi connectivity index (χ0n) is 11.7. The van der Waals surface area contributed by atoms with Gasteiger partial charge in [0.2, 0.25) is 0 Å². The van der Waals surface area contributed by atoms with Crippen LogP contribution in [0.4, 0.5) is 0 Å². The highest BCUT2D eigenvalue weighted by atomic mass is 16.5. The number of aryl methyl sites for hydroxylation is 1. The molecule has 3 rings (SSSR count). The maximum absolute atomic E-state index is 12.1. The number of carbonyl (C=O) groups is 1. The fourth-order valence-corrected chi connectivity index (χ4v) is 3.53. The molecule has 0 amide bonds. The van der Waals surface area contributed by atoms with Crippen LogP contribution in [-0.2, 0) is 4.74 Å². The average molecular weight is 244 g/mol. The van der Waals surface area contributed by atoms with Crippen LogP contribution in [0.1, 0.15) is 55.1 Å². The van der Waals surface area contributed by atoms with Gasteiger partial charge in [-0.2, -0.15) is 0 Å². The summed E-state index contributed by atoms with van der Waals surface area (Å²) in [6.07, 6.45) is 0.0233. The van der Waals surface area contributed by atoms with Gasteiger partial charge in [0, 0.05) is 11.3 Å². The van der Waals surface area contributed by atoms with Crippen LogP contribution in [0.5, 0.6) is 0 Å². The molecule has 0 radical (unpaired) electrons. The van der Waals surface area contributed by atoms with E-state index in [0.717, 1.165) is 11.1 Å². The van der Waals surface area contributed by atoms with Gasteiger partial charge >= 0.3 is 5.97 Å². The van der Waals surface area contributed by atoms with E-state index in [1.54, 1.807) is 0 Å². The highest BCUT2D eigenvalue weighted by molar-refractivity contribution is 5.93. The number of carbonyl (C=O) groups excluding carboxylic acids is 1. The number of hydrogen-bond donors (Lipinski definition) is 0. The van der Waals surface area contributed by atoms with E-state index in [4.69, 9.17) is 4.74 Å². The average Bonchev–Trinajstić information content (AvgIpc) is 2.29. The first-order valence-corrected chi connectivity index (χ1v) is 6.58. The van der Waals surface area contributed by atoms with Gasteiger partial charge < -0.3 is 4.74 Å². The third-order valence-electron chi connectivity index (χ3n) is 5.45. The maximum Gasteiger partial charge on any atom is 0.338 e. The molecule has 1 aliphatic heterocycles. The second kappa shape index (κ2) is 3.17. The van der Waals surface area contributed by atoms with Crippen LogP contribution in [0.3, 0.4) is 0 Å². The van der Waals surface area contributed by atoms with Gasteiger partial charge in [-0.15, -0.1) is 0 Å². The molecule has 1 aromatic carbocycles. The molecule has 1 fully saturated rings. The van der Waals surface area contributed by atoms with Crippen molar-refractivity contribution in [1.29, 1.82) is 0 Å². The van der Waals surface area contributed by atoms with Crippen molar-refractivity contribution in [1.82, 2.24) is 0 Å². The van der Waals surface area contributed by atoms with Crippen LogP contribution in [0.25, 0.3) is 0 Å². The zero-order chi connectivity index (χ0) is 13.3. The quantitative estimate of drug-likeness (QED) is 0.651. The van der Waals surface area contributed by atoms with Crippen molar-refractivity contribution in [3.63, 3.8) is 0 Å². The molecule has 2 atom stereocenters. The lowest BCUT2D eigenvalue weighted by molar-refractivity contribution is -0.184. The Hall–Kier alpha value is -1.31. The fourth-order valence-electron chi connectivity index (χ4n) is 3.53. The molecule has 96 valence electrons. The Kier molecular flexibility index (Phi) is 2.07. The molecule has 0 saturated heterocycles. The smallest absolute Gasteiger partial charge is 0.338 e. The normalized spacial score (nSPS) is 30.8. The summed E-state index contributed by atoms with van der Waals surface area (Å²) in [5.41, 5.74) is 3.24. The summed E-state index contributed by atoms with van der Waals surface area (Å²) < 4.78 is 5.68. The minimum absolute atomic E-state index is 0.0233. The number of rotatable bonds is 0. The molecule has 2 aliphatic rings. The van der Waals surface area contributed by atoms with Gasteiger partial charge in [-0.25, -0.2) is 4.79 Å². The van der Waals surface area contributed by atoms with Gasteiger partial charge in [0.05, 0.1) is 5.56 Å². The lowest BCUT2D eigenvalue weighted by atomic mass is 9.42. The Morgan fingerprint density at radius 1 is 1.11 bits per heavy atom. The predicted molar refractivity (Wildman–Crippen MR) is 70.7 cm³/mol. The third kappa shape index (κ3) is 1.16. The van der Waals surface area contributed by atoms with Gasteiger partial charge in [0.15, 0.2) is 0 Å². The van der Waals surface area contributed by atoms with E-state index in [-0.39, 0.29) is 22.9 Å². The Morgan fingerprint density at radius 2 is 1.78 bits per heavy atom. The zero-order valence-corrected chi connectivity index (χ0v) is 11.7. The molecular weight excluding hydrogens is 224 g/mol. The van der Waals surface area contributed by atoms with Crippen molar-refractivity contribution >= 4 is 5.97 Å². The summed E-state index contributed by atoms with van der Waals surface area (Å²) in [7, 11) is 0. The van der Waals surface area contributed by atoms with E-state index in [1.807, 2.05) is 13.0 Å². The van der Waals surface area contributed by atoms with E-state index in [0.29, 0.717) is 5.92 Å². The molecule has 0 N–H and O–H groups in total. The van der Waals surface area contributed by atoms with Gasteiger partial charge in [0.25, 0.3) is 0 Å². The van der Waals surface area contributed by atoms with Crippen molar-refractivity contribution in [2.24, 2.45) is 10.8 Å². The van der Waals surface area contributed by atoms with Crippen molar-refractivity contribution in [2.75, 3.05) is 0 Å². The van der Waals surface area contributed by atoms with Gasteiger partial charge in [-0.05, 0) is 24.0 Å². The van der Waals surface area contributed by atoms with Gasteiger partial charge in [0.1, 0.15) is 6.10 Å². The molecule has 1 heterocycles. The first-order valence-electron chi connectivity index (χ1n) is 6.58. The third-order valence-corrected chi connectivity index (χ3v) is 5.45. The Bertz CT molecular complexity index is 540. The number of fused-ring (bicyclic) bond motifs is 3. The summed E-state index contributed by atoms with van der Waals surface area (Å²) in [6, 6.07) is 6.16. The molecule has 0 spiro atoms. The first kappa shape index (κ1) is 11.8. The first-order chi connectivity index (χ1) is 8.26. The Labute approximate surface area is 108 Å². The van der Waals surface area contributed by atoms with Crippen molar-refractivity contribution in [3.05, 3.63) is 34.9 Å². The minimum atomic E-state index is -0.154. The number of benzene rings is 1. The standard InChI is InChI=1S/C16H20O2/c1-9-6-7-10-11(8-9)14(17)18-13-12(10)15(2,3)16(13,4)5/h6-8,12-13H,1-5H3/t12-,13-/m0/s1. The van der Waals surface area contributed by atoms with Crippen LogP contribution in [0.15, 0.2) is 18.2 Å². The Morgan fingerprint density at radius 3 is 2.44 bits per heavy atom. The van der Waals surface area contributed by atoms with E-state index in [1.165, 1.54) is 5.56 Å². The van der Waals surface area contributed by atoms with Crippen LogP contribution >= 0.6 is 0 Å². The lowest BCUT2D eigenvalue weighted by Crippen LogP contribution is -2.65. The molecule has 1 aromatic rings. The lowest BCUT2D eigenvalue weighted by Gasteiger charge is -2.65. The second-order valence-corrected chi connectivity index (χ2v) is 6.84. The number of ether oxygens (including phenoxy) is 1. The van der Waals surface area contributed by atoms with Crippen molar-refractivity contribution < 1.29 is 9.53 Å². The summed E-state index contributed by atoms with van der Waals surface area (Å²) >= 11 is 0. The SMILES string of the molecule is Cc1ccc2c(c1)C(=O)O[C@H]1[C@H]2C(C)(C)C1(C)C. The van der Waals surface area contributed by atoms with Crippen LogP contribution in [0, 0.1) is 17.8 Å². The van der Waals surface area contributed by atoms with Crippen LogP contribution < -0.4 is 0 Å². The summed E-state index contributed by atoms with van der Waals surface area (Å²) in [5.74, 6) is 0.180. The molecule has 1 aliphatic carbocycles. The number of esters is 1. The monoisotopic (exact) mass is 244 g/mol. The van der Waals surface area contributed by atoms with Gasteiger partial charge in [-0.3, -0.25) is 0 Å². The minimum Gasteiger partial charge on any atom is -0.458 e. The molecule has 18 heavy (non-hydrogen) atoms. The predicted octanol–water partition coefficient (Wildman–Crippen LogP) is 3.68. The molecule has 2 heteroatoms. The highest BCUT2D eigenvalue weighted by Gasteiger charge is 2.66. The largest absolute Gasteiger partial charge is 0.458 e. The summed E-state index contributed by atoms with van der Waals surface area (Å²) in [5, 5.41) is 0. The van der Waals surface area contributed by atoms with E-state index >= 15 is 0 Å². The summed E-state index contributed by atoms with van der Waals surface area (Å²) in [6.45, 7) is 10.9. The van der Waals surface area contributed by atoms with Gasteiger partial charge in [-0.1, -0.05) is 45.4 Å². The van der Waals surface area contributed by atoms with E-state index < -0.39 is 0 Å². The molecule has 0 aromatic heterocycles. The fraction of sp³-hybridized carbons (Fsp3) is 0.562. The Balaban J connectivity index is 2.16. The van der Waals surface area contributed by atoms with Crippen molar-refractivity contribution in [2.45, 2.75) is 46.6 Å². The highest BCUT2D eigenvalue weighted by Crippen LogP contribution is 2.67. The maximum atomic E-state index is 12.1. The molecule has 0 unspecified atom stereocenters. The topological polar surface area (TPSA) is 26.3 Å². The van der Waals surface area contributed by atoms with Crippen molar-refractivity contribution in [3.8, 4) is 0 Å². The number of hydrogen-bond acceptors (Lipinski definition) is 2. The van der Waals surface area contributed by atoms with E-state index in [2.05, 4.69) is 39.8 Å².